The van der Waals surface area contributed by atoms with E-state index in [1.165, 1.54) is 0 Å². The fourth-order valence-corrected chi connectivity index (χ4v) is 2.30. The minimum absolute atomic E-state index is 0. The Morgan fingerprint density at radius 2 is 1.94 bits per heavy atom. The summed E-state index contributed by atoms with van der Waals surface area (Å²) in [5, 5.41) is 0. The van der Waals surface area contributed by atoms with Crippen LogP contribution >= 0.6 is 12.4 Å². The molecule has 4 heteroatoms. The van der Waals surface area contributed by atoms with Gasteiger partial charge >= 0.3 is 0 Å². The van der Waals surface area contributed by atoms with Gasteiger partial charge in [-0.2, -0.15) is 0 Å². The maximum atomic E-state index is 12.2. The summed E-state index contributed by atoms with van der Waals surface area (Å²) in [5.41, 5.74) is 8.76. The number of nitrogens with two attached hydrogens (primary N) is 1. The number of hydrogen-bond donors (Lipinski definition) is 1. The molecule has 1 saturated heterocycles. The number of rotatable bonds is 2. The van der Waals surface area contributed by atoms with E-state index in [4.69, 9.17) is 5.73 Å². The zero-order valence-electron chi connectivity index (χ0n) is 11.0. The van der Waals surface area contributed by atoms with Gasteiger partial charge < -0.3 is 10.6 Å². The van der Waals surface area contributed by atoms with Crippen molar-refractivity contribution < 1.29 is 4.79 Å². The highest BCUT2D eigenvalue weighted by molar-refractivity contribution is 5.95. The van der Waals surface area contributed by atoms with Gasteiger partial charge in [0.1, 0.15) is 0 Å². The number of carbonyl (C=O) groups is 1. The van der Waals surface area contributed by atoms with Crippen molar-refractivity contribution in [1.82, 2.24) is 4.90 Å². The molecule has 1 heterocycles. The SMILES string of the molecule is Cc1cc(C(C)N)ccc1C(=O)N1CCCC1.Cl. The van der Waals surface area contributed by atoms with E-state index >= 15 is 0 Å². The third kappa shape index (κ3) is 3.03. The van der Waals surface area contributed by atoms with Crippen LogP contribution in [0.25, 0.3) is 0 Å². The highest BCUT2D eigenvalue weighted by Gasteiger charge is 2.20. The summed E-state index contributed by atoms with van der Waals surface area (Å²) >= 11 is 0. The van der Waals surface area contributed by atoms with Gasteiger partial charge in [0.2, 0.25) is 0 Å². The number of amides is 1. The predicted molar refractivity (Wildman–Crippen MR) is 76.2 cm³/mol. The van der Waals surface area contributed by atoms with Gasteiger partial charge in [-0.15, -0.1) is 12.4 Å². The average Bonchev–Trinajstić information content (AvgIpc) is 2.81. The molecular weight excluding hydrogens is 248 g/mol. The summed E-state index contributed by atoms with van der Waals surface area (Å²) in [4.78, 5) is 14.2. The Morgan fingerprint density at radius 3 is 2.44 bits per heavy atom. The number of likely N-dealkylation sites (tertiary alicyclic amines) is 1. The third-order valence-electron chi connectivity index (χ3n) is 3.40. The van der Waals surface area contributed by atoms with Crippen LogP contribution in [0.1, 0.15) is 47.3 Å². The Labute approximate surface area is 115 Å². The summed E-state index contributed by atoms with van der Waals surface area (Å²) in [6, 6.07) is 5.91. The molecule has 1 unspecified atom stereocenters. The monoisotopic (exact) mass is 268 g/mol. The second kappa shape index (κ2) is 6.21. The molecule has 0 bridgehead atoms. The van der Waals surface area contributed by atoms with Crippen molar-refractivity contribution in [3.05, 3.63) is 34.9 Å². The molecule has 1 aromatic rings. The Hall–Kier alpha value is -1.06. The summed E-state index contributed by atoms with van der Waals surface area (Å²) in [6.07, 6.45) is 2.26. The lowest BCUT2D eigenvalue weighted by molar-refractivity contribution is 0.0792. The molecule has 0 saturated carbocycles. The van der Waals surface area contributed by atoms with Gasteiger partial charge in [0, 0.05) is 24.7 Å². The third-order valence-corrected chi connectivity index (χ3v) is 3.40. The summed E-state index contributed by atoms with van der Waals surface area (Å²) in [6.45, 7) is 5.73. The largest absolute Gasteiger partial charge is 0.339 e. The van der Waals surface area contributed by atoms with Crippen molar-refractivity contribution >= 4 is 18.3 Å². The molecule has 0 spiro atoms. The molecule has 1 amide bonds. The minimum Gasteiger partial charge on any atom is -0.339 e. The van der Waals surface area contributed by atoms with Gasteiger partial charge in [0.15, 0.2) is 0 Å². The van der Waals surface area contributed by atoms with Crippen molar-refractivity contribution in [3.8, 4) is 0 Å². The van der Waals surface area contributed by atoms with Gasteiger partial charge in [-0.05, 0) is 43.9 Å². The Kier molecular flexibility index (Phi) is 5.17. The second-order valence-corrected chi connectivity index (χ2v) is 4.86. The number of carbonyl (C=O) groups excluding carboxylic acids is 1. The molecule has 0 aromatic heterocycles. The van der Waals surface area contributed by atoms with E-state index in [9.17, 15) is 4.79 Å². The number of aryl methyl sites for hydroxylation is 1. The Bertz CT molecular complexity index is 426. The molecule has 1 atom stereocenters. The fourth-order valence-electron chi connectivity index (χ4n) is 2.30. The number of benzene rings is 1. The molecule has 1 fully saturated rings. The second-order valence-electron chi connectivity index (χ2n) is 4.86. The van der Waals surface area contributed by atoms with Crippen molar-refractivity contribution in [2.45, 2.75) is 32.7 Å². The molecule has 0 radical (unpaired) electrons. The van der Waals surface area contributed by atoms with Crippen molar-refractivity contribution in [1.29, 1.82) is 0 Å². The first-order valence-corrected chi connectivity index (χ1v) is 6.25. The molecule has 18 heavy (non-hydrogen) atoms. The van der Waals surface area contributed by atoms with Crippen LogP contribution in [0, 0.1) is 6.92 Å². The van der Waals surface area contributed by atoms with Crippen LogP contribution in [0.2, 0.25) is 0 Å². The number of halogens is 1. The van der Waals surface area contributed by atoms with Crippen LogP contribution in [0.3, 0.4) is 0 Å². The maximum Gasteiger partial charge on any atom is 0.254 e. The molecule has 0 aliphatic carbocycles. The Morgan fingerprint density at radius 1 is 1.33 bits per heavy atom. The molecule has 2 rings (SSSR count). The lowest BCUT2D eigenvalue weighted by Crippen LogP contribution is -2.28. The van der Waals surface area contributed by atoms with Gasteiger partial charge in [-0.25, -0.2) is 0 Å². The Balaban J connectivity index is 0.00000162. The predicted octanol–water partition coefficient (Wildman–Crippen LogP) is 2.67. The molecule has 3 nitrogen and oxygen atoms in total. The molecule has 1 aliphatic heterocycles. The van der Waals surface area contributed by atoms with Gasteiger partial charge in [0.05, 0.1) is 0 Å². The van der Waals surface area contributed by atoms with Crippen LogP contribution in [-0.4, -0.2) is 23.9 Å². The smallest absolute Gasteiger partial charge is 0.254 e. The number of hydrogen-bond acceptors (Lipinski definition) is 2. The molecular formula is C14H21ClN2O. The van der Waals surface area contributed by atoms with Crippen molar-refractivity contribution in [2.24, 2.45) is 5.73 Å². The topological polar surface area (TPSA) is 46.3 Å². The van der Waals surface area contributed by atoms with Crippen LogP contribution in [-0.2, 0) is 0 Å². The highest BCUT2D eigenvalue weighted by atomic mass is 35.5. The summed E-state index contributed by atoms with van der Waals surface area (Å²) in [5.74, 6) is 0.163. The lowest BCUT2D eigenvalue weighted by Gasteiger charge is -2.17. The maximum absolute atomic E-state index is 12.2. The van der Waals surface area contributed by atoms with E-state index in [1.807, 2.05) is 36.9 Å². The normalized spacial score (nSPS) is 16.3. The van der Waals surface area contributed by atoms with Crippen molar-refractivity contribution in [3.63, 3.8) is 0 Å². The van der Waals surface area contributed by atoms with E-state index < -0.39 is 0 Å². The first-order chi connectivity index (χ1) is 8.09. The lowest BCUT2D eigenvalue weighted by atomic mass is 10.0. The standard InChI is InChI=1S/C14H20N2O.ClH/c1-10-9-12(11(2)15)5-6-13(10)14(17)16-7-3-4-8-16;/h5-6,9,11H,3-4,7-8,15H2,1-2H3;1H. The fraction of sp³-hybridized carbons (Fsp3) is 0.500. The summed E-state index contributed by atoms with van der Waals surface area (Å²) < 4.78 is 0. The van der Waals surface area contributed by atoms with Gasteiger partial charge in [-0.1, -0.05) is 12.1 Å². The van der Waals surface area contributed by atoms with Crippen molar-refractivity contribution in [2.75, 3.05) is 13.1 Å². The minimum atomic E-state index is 0. The number of nitrogens with zero attached hydrogens (tertiary/aromatic N) is 1. The van der Waals surface area contributed by atoms with E-state index in [0.717, 1.165) is 42.6 Å². The van der Waals surface area contributed by atoms with Crippen LogP contribution < -0.4 is 5.73 Å². The molecule has 100 valence electrons. The van der Waals surface area contributed by atoms with E-state index in [1.54, 1.807) is 0 Å². The first-order valence-electron chi connectivity index (χ1n) is 6.25. The van der Waals surface area contributed by atoms with Crippen LogP contribution in [0.15, 0.2) is 18.2 Å². The van der Waals surface area contributed by atoms with E-state index in [-0.39, 0.29) is 24.4 Å². The van der Waals surface area contributed by atoms with Crippen LogP contribution in [0.4, 0.5) is 0 Å². The van der Waals surface area contributed by atoms with Gasteiger partial charge in [-0.3, -0.25) is 4.79 Å². The van der Waals surface area contributed by atoms with E-state index in [0.29, 0.717) is 0 Å². The zero-order valence-corrected chi connectivity index (χ0v) is 11.8. The molecule has 2 N–H and O–H groups in total. The quantitative estimate of drug-likeness (QED) is 0.896. The summed E-state index contributed by atoms with van der Waals surface area (Å²) in [7, 11) is 0. The average molecular weight is 269 g/mol. The first kappa shape index (κ1) is 15.0. The van der Waals surface area contributed by atoms with Crippen LogP contribution in [0.5, 0.6) is 0 Å². The zero-order chi connectivity index (χ0) is 12.4. The molecule has 1 aliphatic rings. The van der Waals surface area contributed by atoms with E-state index in [2.05, 4.69) is 0 Å². The highest BCUT2D eigenvalue weighted by Crippen LogP contribution is 2.19. The van der Waals surface area contributed by atoms with Gasteiger partial charge in [0.25, 0.3) is 5.91 Å². The molecule has 1 aromatic carbocycles.